The lowest BCUT2D eigenvalue weighted by Crippen LogP contribution is -2.52. The molecule has 0 bridgehead atoms. The predicted molar refractivity (Wildman–Crippen MR) is 109 cm³/mol. The van der Waals surface area contributed by atoms with Crippen molar-refractivity contribution in [2.45, 2.75) is 4.90 Å². The van der Waals surface area contributed by atoms with E-state index in [1.54, 1.807) is 47.2 Å². The van der Waals surface area contributed by atoms with Crippen LogP contribution in [-0.2, 0) is 14.8 Å². The Bertz CT molecular complexity index is 946. The van der Waals surface area contributed by atoms with Gasteiger partial charge < -0.3 is 9.80 Å². The first kappa shape index (κ1) is 20.9. The first-order chi connectivity index (χ1) is 13.3. The normalized spacial score (nSPS) is 15.5. The topological polar surface area (TPSA) is 73.8 Å². The Hall–Kier alpha value is -1.87. The summed E-state index contributed by atoms with van der Waals surface area (Å²) in [6.07, 6.45) is 1.52. The molecule has 1 aliphatic heterocycles. The molecule has 1 fully saturated rings. The summed E-state index contributed by atoms with van der Waals surface area (Å²) in [5.41, 5.74) is 0. The molecule has 0 unspecified atom stereocenters. The molecular formula is C18H20Cl2N4O3S. The number of amides is 1. The summed E-state index contributed by atoms with van der Waals surface area (Å²) in [6.45, 7) is 1.24. The molecule has 0 atom stereocenters. The number of piperazine rings is 1. The number of halogens is 2. The van der Waals surface area contributed by atoms with Crippen LogP contribution in [0, 0.1) is 0 Å². The van der Waals surface area contributed by atoms with E-state index in [0.29, 0.717) is 23.9 Å². The third kappa shape index (κ3) is 4.57. The predicted octanol–water partition coefficient (Wildman–Crippen LogP) is 2.36. The Morgan fingerprint density at radius 2 is 1.79 bits per heavy atom. The van der Waals surface area contributed by atoms with Gasteiger partial charge in [-0.3, -0.25) is 4.79 Å². The van der Waals surface area contributed by atoms with E-state index in [-0.39, 0.29) is 35.5 Å². The minimum Gasteiger partial charge on any atom is -0.350 e. The van der Waals surface area contributed by atoms with Gasteiger partial charge in [0.15, 0.2) is 0 Å². The number of rotatable bonds is 5. The van der Waals surface area contributed by atoms with E-state index in [9.17, 15) is 13.2 Å². The fourth-order valence-electron chi connectivity index (χ4n) is 2.95. The summed E-state index contributed by atoms with van der Waals surface area (Å²) in [5, 5.41) is 0.720. The van der Waals surface area contributed by atoms with Gasteiger partial charge in [0.25, 0.3) is 0 Å². The second-order valence-corrected chi connectivity index (χ2v) is 9.16. The van der Waals surface area contributed by atoms with Gasteiger partial charge >= 0.3 is 0 Å². The summed E-state index contributed by atoms with van der Waals surface area (Å²) in [5.74, 6) is 0.548. The monoisotopic (exact) mass is 442 g/mol. The number of benzene rings is 1. The molecule has 1 amide bonds. The van der Waals surface area contributed by atoms with Crippen molar-refractivity contribution >= 4 is 45.0 Å². The van der Waals surface area contributed by atoms with Crippen LogP contribution < -0.4 is 4.90 Å². The minimum absolute atomic E-state index is 0.0880. The third-order valence-corrected chi connectivity index (χ3v) is 7.14. The Balaban J connectivity index is 1.59. The van der Waals surface area contributed by atoms with E-state index in [1.807, 2.05) is 0 Å². The van der Waals surface area contributed by atoms with E-state index in [0.717, 1.165) is 0 Å². The molecule has 1 aliphatic rings. The molecule has 1 aromatic heterocycles. The lowest BCUT2D eigenvalue weighted by atomic mass is 10.3. The van der Waals surface area contributed by atoms with E-state index >= 15 is 0 Å². The summed E-state index contributed by atoms with van der Waals surface area (Å²) in [7, 11) is -1.91. The van der Waals surface area contributed by atoms with Crippen LogP contribution in [0.3, 0.4) is 0 Å². The average molecular weight is 443 g/mol. The lowest BCUT2D eigenvalue weighted by molar-refractivity contribution is -0.130. The van der Waals surface area contributed by atoms with Crippen molar-refractivity contribution in [2.24, 2.45) is 0 Å². The van der Waals surface area contributed by atoms with Gasteiger partial charge in [-0.25, -0.2) is 13.4 Å². The zero-order valence-electron chi connectivity index (χ0n) is 15.3. The lowest BCUT2D eigenvalue weighted by Gasteiger charge is -2.35. The molecule has 0 aliphatic carbocycles. The van der Waals surface area contributed by atoms with Crippen LogP contribution in [0.15, 0.2) is 47.5 Å². The van der Waals surface area contributed by atoms with Crippen molar-refractivity contribution < 1.29 is 13.2 Å². The number of anilines is 1. The van der Waals surface area contributed by atoms with Crippen molar-refractivity contribution in [1.29, 1.82) is 0 Å². The number of likely N-dealkylation sites (N-methyl/N-ethyl adjacent to an activating group) is 1. The molecule has 1 aromatic carbocycles. The second-order valence-electron chi connectivity index (χ2n) is 6.41. The third-order valence-electron chi connectivity index (χ3n) is 4.52. The zero-order chi connectivity index (χ0) is 20.3. The number of sulfonamides is 1. The summed E-state index contributed by atoms with van der Waals surface area (Å²) in [6, 6.07) is 9.81. The van der Waals surface area contributed by atoms with E-state index in [1.165, 1.54) is 16.6 Å². The van der Waals surface area contributed by atoms with E-state index < -0.39 is 10.0 Å². The van der Waals surface area contributed by atoms with Crippen LogP contribution in [0.5, 0.6) is 0 Å². The van der Waals surface area contributed by atoms with Crippen LogP contribution in [0.1, 0.15) is 0 Å². The molecule has 3 rings (SSSR count). The molecule has 0 saturated carbocycles. The number of carbonyl (C=O) groups is 1. The van der Waals surface area contributed by atoms with Gasteiger partial charge in [-0.1, -0.05) is 35.3 Å². The number of hydrogen-bond donors (Lipinski definition) is 0. The zero-order valence-corrected chi connectivity index (χ0v) is 17.6. The molecule has 28 heavy (non-hydrogen) atoms. The molecule has 2 heterocycles. The number of carbonyl (C=O) groups excluding carboxylic acids is 1. The average Bonchev–Trinajstić information content (AvgIpc) is 2.68. The molecule has 0 spiro atoms. The highest BCUT2D eigenvalue weighted by molar-refractivity contribution is 7.89. The van der Waals surface area contributed by atoms with Gasteiger partial charge in [0, 0.05) is 39.4 Å². The van der Waals surface area contributed by atoms with Gasteiger partial charge in [-0.15, -0.1) is 0 Å². The van der Waals surface area contributed by atoms with Gasteiger partial charge in [0.2, 0.25) is 15.9 Å². The van der Waals surface area contributed by atoms with Crippen molar-refractivity contribution in [3.63, 3.8) is 0 Å². The highest BCUT2D eigenvalue weighted by atomic mass is 35.5. The maximum absolute atomic E-state index is 12.8. The van der Waals surface area contributed by atoms with Crippen molar-refractivity contribution in [2.75, 3.05) is 44.7 Å². The smallest absolute Gasteiger partial charge is 0.244 e. The molecule has 0 radical (unpaired) electrons. The van der Waals surface area contributed by atoms with Crippen molar-refractivity contribution in [3.8, 4) is 0 Å². The Morgan fingerprint density at radius 1 is 1.11 bits per heavy atom. The van der Waals surface area contributed by atoms with Gasteiger partial charge in [-0.05, 0) is 24.3 Å². The van der Waals surface area contributed by atoms with Gasteiger partial charge in [-0.2, -0.15) is 4.31 Å². The van der Waals surface area contributed by atoms with Crippen LogP contribution in [0.2, 0.25) is 10.0 Å². The second kappa shape index (κ2) is 8.65. The van der Waals surface area contributed by atoms with Crippen molar-refractivity contribution in [3.05, 3.63) is 52.6 Å². The first-order valence-electron chi connectivity index (χ1n) is 8.64. The van der Waals surface area contributed by atoms with Crippen LogP contribution >= 0.6 is 23.2 Å². The number of nitrogens with zero attached hydrogens (tertiary/aromatic N) is 4. The minimum atomic E-state index is -3.68. The number of hydrogen-bond acceptors (Lipinski definition) is 5. The highest BCUT2D eigenvalue weighted by Crippen LogP contribution is 2.25. The molecular weight excluding hydrogens is 423 g/mol. The molecule has 150 valence electrons. The van der Waals surface area contributed by atoms with Crippen LogP contribution in [0.25, 0.3) is 0 Å². The fourth-order valence-corrected chi connectivity index (χ4v) is 4.98. The number of aromatic nitrogens is 1. The van der Waals surface area contributed by atoms with Crippen LogP contribution in [0.4, 0.5) is 5.82 Å². The summed E-state index contributed by atoms with van der Waals surface area (Å²) < 4.78 is 26.9. The van der Waals surface area contributed by atoms with E-state index in [4.69, 9.17) is 23.2 Å². The maximum Gasteiger partial charge on any atom is 0.244 e. The fraction of sp³-hybridized carbons (Fsp3) is 0.333. The quantitative estimate of drug-likeness (QED) is 0.710. The van der Waals surface area contributed by atoms with E-state index in [2.05, 4.69) is 4.98 Å². The molecule has 2 aromatic rings. The van der Waals surface area contributed by atoms with Crippen molar-refractivity contribution in [1.82, 2.24) is 14.2 Å². The Labute approximate surface area is 174 Å². The molecule has 7 nitrogen and oxygen atoms in total. The molecule has 0 N–H and O–H groups in total. The first-order valence-corrected chi connectivity index (χ1v) is 10.8. The summed E-state index contributed by atoms with van der Waals surface area (Å²) >= 11 is 11.9. The van der Waals surface area contributed by atoms with Crippen LogP contribution in [-0.4, -0.2) is 68.3 Å². The molecule has 10 heteroatoms. The van der Waals surface area contributed by atoms with Gasteiger partial charge in [0.1, 0.15) is 10.7 Å². The highest BCUT2D eigenvalue weighted by Gasteiger charge is 2.31. The molecule has 1 saturated heterocycles. The number of pyridine rings is 1. The summed E-state index contributed by atoms with van der Waals surface area (Å²) in [4.78, 5) is 20.2. The largest absolute Gasteiger partial charge is 0.350 e. The Kier molecular flexibility index (Phi) is 6.44. The SMILES string of the molecule is CN(CC(=O)N1CCN(S(=O)(=O)c2ccccc2Cl)CC1)c1ccc(Cl)cn1. The Morgan fingerprint density at radius 3 is 2.39 bits per heavy atom. The standard InChI is InChI=1S/C18H20Cl2N4O3S/c1-22(17-7-6-14(19)12-21-17)13-18(25)23-8-10-24(11-9-23)28(26,27)16-5-3-2-4-15(16)20/h2-7,12H,8-11,13H2,1H3. The maximum atomic E-state index is 12.8. The van der Waals surface area contributed by atoms with Gasteiger partial charge in [0.05, 0.1) is 16.6 Å².